The summed E-state index contributed by atoms with van der Waals surface area (Å²) in [7, 11) is 3.53. The number of rotatable bonds is 6. The van der Waals surface area contributed by atoms with Crippen LogP contribution in [0.25, 0.3) is 0 Å². The average Bonchev–Trinajstić information content (AvgIpc) is 2.33. The molecule has 18 heavy (non-hydrogen) atoms. The highest BCUT2D eigenvalue weighted by molar-refractivity contribution is 5.36. The first-order valence-electron chi connectivity index (χ1n) is 6.58. The Morgan fingerprint density at radius 1 is 1.28 bits per heavy atom. The third-order valence-electron chi connectivity index (χ3n) is 3.93. The molecule has 1 N–H and O–H groups in total. The SMILES string of the molecule is COc1ccc(CNCC2(OC)CCC2)cc1C. The Bertz CT molecular complexity index is 394. The van der Waals surface area contributed by atoms with Gasteiger partial charge in [-0.2, -0.15) is 0 Å². The molecule has 1 aromatic carbocycles. The van der Waals surface area contributed by atoms with Crippen LogP contribution < -0.4 is 10.1 Å². The van der Waals surface area contributed by atoms with Gasteiger partial charge in [-0.1, -0.05) is 12.1 Å². The van der Waals surface area contributed by atoms with Crippen LogP contribution in [0.4, 0.5) is 0 Å². The summed E-state index contributed by atoms with van der Waals surface area (Å²) in [4.78, 5) is 0. The van der Waals surface area contributed by atoms with Gasteiger partial charge in [0.25, 0.3) is 0 Å². The highest BCUT2D eigenvalue weighted by Crippen LogP contribution is 2.34. The van der Waals surface area contributed by atoms with E-state index in [0.717, 1.165) is 18.8 Å². The van der Waals surface area contributed by atoms with Crippen LogP contribution in [-0.2, 0) is 11.3 Å². The van der Waals surface area contributed by atoms with Crippen molar-refractivity contribution in [3.8, 4) is 5.75 Å². The van der Waals surface area contributed by atoms with Crippen molar-refractivity contribution in [3.05, 3.63) is 29.3 Å². The molecule has 1 saturated carbocycles. The topological polar surface area (TPSA) is 30.5 Å². The molecule has 1 fully saturated rings. The van der Waals surface area contributed by atoms with Gasteiger partial charge in [-0.25, -0.2) is 0 Å². The quantitative estimate of drug-likeness (QED) is 0.840. The van der Waals surface area contributed by atoms with Crippen LogP contribution in [0.2, 0.25) is 0 Å². The summed E-state index contributed by atoms with van der Waals surface area (Å²) in [6.07, 6.45) is 3.65. The molecule has 1 aromatic rings. The fourth-order valence-corrected chi connectivity index (χ4v) is 2.51. The van der Waals surface area contributed by atoms with Crippen molar-refractivity contribution in [2.75, 3.05) is 20.8 Å². The number of hydrogen-bond donors (Lipinski definition) is 1. The van der Waals surface area contributed by atoms with E-state index in [9.17, 15) is 0 Å². The molecular weight excluding hydrogens is 226 g/mol. The molecule has 0 bridgehead atoms. The lowest BCUT2D eigenvalue weighted by Gasteiger charge is -2.40. The molecule has 0 unspecified atom stereocenters. The molecule has 0 radical (unpaired) electrons. The van der Waals surface area contributed by atoms with E-state index in [1.54, 1.807) is 7.11 Å². The maximum atomic E-state index is 5.59. The van der Waals surface area contributed by atoms with E-state index in [0.29, 0.717) is 0 Å². The van der Waals surface area contributed by atoms with Crippen LogP contribution in [-0.4, -0.2) is 26.4 Å². The Morgan fingerprint density at radius 2 is 2.06 bits per heavy atom. The van der Waals surface area contributed by atoms with E-state index in [1.165, 1.54) is 30.4 Å². The second-order valence-corrected chi connectivity index (χ2v) is 5.15. The number of ether oxygens (including phenoxy) is 2. The predicted octanol–water partition coefficient (Wildman–Crippen LogP) is 2.66. The van der Waals surface area contributed by atoms with Crippen LogP contribution in [0.5, 0.6) is 5.75 Å². The zero-order valence-corrected chi connectivity index (χ0v) is 11.6. The smallest absolute Gasteiger partial charge is 0.121 e. The minimum Gasteiger partial charge on any atom is -0.496 e. The molecule has 0 atom stereocenters. The van der Waals surface area contributed by atoms with E-state index < -0.39 is 0 Å². The van der Waals surface area contributed by atoms with Gasteiger partial charge in [0.2, 0.25) is 0 Å². The van der Waals surface area contributed by atoms with Crippen molar-refractivity contribution in [1.29, 1.82) is 0 Å². The van der Waals surface area contributed by atoms with E-state index >= 15 is 0 Å². The largest absolute Gasteiger partial charge is 0.496 e. The van der Waals surface area contributed by atoms with E-state index in [-0.39, 0.29) is 5.60 Å². The molecule has 2 rings (SSSR count). The van der Waals surface area contributed by atoms with Crippen LogP contribution in [0.15, 0.2) is 18.2 Å². The summed E-state index contributed by atoms with van der Waals surface area (Å²) in [5.41, 5.74) is 2.57. The van der Waals surface area contributed by atoms with Crippen molar-refractivity contribution in [3.63, 3.8) is 0 Å². The van der Waals surface area contributed by atoms with Crippen LogP contribution in [0.3, 0.4) is 0 Å². The van der Waals surface area contributed by atoms with Crippen molar-refractivity contribution in [1.82, 2.24) is 5.32 Å². The van der Waals surface area contributed by atoms with Gasteiger partial charge in [0, 0.05) is 20.2 Å². The Hall–Kier alpha value is -1.06. The molecule has 3 heteroatoms. The van der Waals surface area contributed by atoms with Gasteiger partial charge in [0.1, 0.15) is 5.75 Å². The zero-order valence-electron chi connectivity index (χ0n) is 11.6. The van der Waals surface area contributed by atoms with Crippen LogP contribution in [0.1, 0.15) is 30.4 Å². The summed E-state index contributed by atoms with van der Waals surface area (Å²) < 4.78 is 10.9. The van der Waals surface area contributed by atoms with Crippen molar-refractivity contribution < 1.29 is 9.47 Å². The van der Waals surface area contributed by atoms with Crippen molar-refractivity contribution in [2.45, 2.75) is 38.3 Å². The Labute approximate surface area is 109 Å². The normalized spacial score (nSPS) is 17.3. The molecule has 100 valence electrons. The summed E-state index contributed by atoms with van der Waals surface area (Å²) in [6, 6.07) is 6.31. The molecule has 0 spiro atoms. The summed E-state index contributed by atoms with van der Waals surface area (Å²) in [6.45, 7) is 3.90. The minimum atomic E-state index is 0.0987. The van der Waals surface area contributed by atoms with Gasteiger partial charge in [-0.05, 0) is 43.4 Å². The highest BCUT2D eigenvalue weighted by atomic mass is 16.5. The summed E-state index contributed by atoms with van der Waals surface area (Å²) in [5, 5.41) is 3.49. The van der Waals surface area contributed by atoms with E-state index in [4.69, 9.17) is 9.47 Å². The molecule has 1 aliphatic rings. The molecule has 0 amide bonds. The molecule has 3 nitrogen and oxygen atoms in total. The molecule has 0 aliphatic heterocycles. The zero-order chi connectivity index (χ0) is 13.0. The number of benzene rings is 1. The Morgan fingerprint density at radius 3 is 2.56 bits per heavy atom. The maximum Gasteiger partial charge on any atom is 0.121 e. The first-order valence-corrected chi connectivity index (χ1v) is 6.58. The highest BCUT2D eigenvalue weighted by Gasteiger charge is 2.36. The summed E-state index contributed by atoms with van der Waals surface area (Å²) >= 11 is 0. The van der Waals surface area contributed by atoms with Gasteiger partial charge >= 0.3 is 0 Å². The first-order chi connectivity index (χ1) is 8.69. The third-order valence-corrected chi connectivity index (χ3v) is 3.93. The third kappa shape index (κ3) is 2.85. The molecular formula is C15H23NO2. The molecule has 0 aromatic heterocycles. The standard InChI is InChI=1S/C15H23NO2/c1-12-9-13(5-6-14(12)17-2)10-16-11-15(18-3)7-4-8-15/h5-6,9,16H,4,7-8,10-11H2,1-3H3. The predicted molar refractivity (Wildman–Crippen MR) is 73.0 cm³/mol. The lowest BCUT2D eigenvalue weighted by Crippen LogP contribution is -2.47. The lowest BCUT2D eigenvalue weighted by molar-refractivity contribution is -0.0695. The number of nitrogens with one attached hydrogen (secondary N) is 1. The monoisotopic (exact) mass is 249 g/mol. The van der Waals surface area contributed by atoms with Crippen LogP contribution >= 0.6 is 0 Å². The van der Waals surface area contributed by atoms with Crippen molar-refractivity contribution in [2.24, 2.45) is 0 Å². The number of methoxy groups -OCH3 is 2. The number of aryl methyl sites for hydroxylation is 1. The first kappa shape index (κ1) is 13.4. The van der Waals surface area contributed by atoms with Crippen LogP contribution in [0, 0.1) is 6.92 Å². The second-order valence-electron chi connectivity index (χ2n) is 5.15. The van der Waals surface area contributed by atoms with Gasteiger partial charge < -0.3 is 14.8 Å². The lowest BCUT2D eigenvalue weighted by atomic mass is 9.80. The van der Waals surface area contributed by atoms with Gasteiger partial charge in [-0.3, -0.25) is 0 Å². The average molecular weight is 249 g/mol. The fourth-order valence-electron chi connectivity index (χ4n) is 2.51. The van der Waals surface area contributed by atoms with Gasteiger partial charge in [0.05, 0.1) is 12.7 Å². The summed E-state index contributed by atoms with van der Waals surface area (Å²) in [5.74, 6) is 0.950. The van der Waals surface area contributed by atoms with E-state index in [1.807, 2.05) is 13.2 Å². The Kier molecular flexibility index (Phi) is 4.25. The molecule has 0 heterocycles. The molecule has 0 saturated heterocycles. The maximum absolute atomic E-state index is 5.59. The fraction of sp³-hybridized carbons (Fsp3) is 0.600. The minimum absolute atomic E-state index is 0.0987. The molecule has 1 aliphatic carbocycles. The van der Waals surface area contributed by atoms with Crippen molar-refractivity contribution >= 4 is 0 Å². The van der Waals surface area contributed by atoms with E-state index in [2.05, 4.69) is 24.4 Å². The second kappa shape index (κ2) is 5.72. The van der Waals surface area contributed by atoms with Gasteiger partial charge in [-0.15, -0.1) is 0 Å². The Balaban J connectivity index is 1.85. The number of hydrogen-bond acceptors (Lipinski definition) is 3. The van der Waals surface area contributed by atoms with Gasteiger partial charge in [0.15, 0.2) is 0 Å².